The number of carbonyl (C=O) groups excluding carboxylic acids is 2. The van der Waals surface area contributed by atoms with Crippen LogP contribution in [0.5, 0.6) is 0 Å². The minimum atomic E-state index is -0.987. The van der Waals surface area contributed by atoms with E-state index in [1.165, 1.54) is 22.3 Å². The smallest absolute Gasteiger partial charge is 0.306 e. The number of aromatic nitrogens is 2. The van der Waals surface area contributed by atoms with Crippen LogP contribution in [0.25, 0.3) is 22.2 Å². The normalized spacial score (nSPS) is 15.8. The van der Waals surface area contributed by atoms with Gasteiger partial charge in [-0.1, -0.05) is 18.2 Å². The maximum absolute atomic E-state index is 13.6. The first-order valence-electron chi connectivity index (χ1n) is 9.98. The summed E-state index contributed by atoms with van der Waals surface area (Å²) in [4.78, 5) is 44.3. The van der Waals surface area contributed by atoms with Crippen molar-refractivity contribution in [1.82, 2.24) is 9.97 Å². The molecule has 2 amide bonds. The number of benzene rings is 2. The molecular formula is C22H16FN5O4S. The summed E-state index contributed by atoms with van der Waals surface area (Å²) in [5.74, 6) is -2.39. The molecule has 1 fully saturated rings. The van der Waals surface area contributed by atoms with E-state index in [0.29, 0.717) is 5.13 Å². The number of para-hydroxylation sites is 1. The second kappa shape index (κ2) is 8.10. The Morgan fingerprint density at radius 1 is 1.30 bits per heavy atom. The van der Waals surface area contributed by atoms with Gasteiger partial charge in [-0.2, -0.15) is 4.39 Å². The average Bonchev–Trinajstić information content (AvgIpc) is 3.52. The van der Waals surface area contributed by atoms with Gasteiger partial charge in [-0.25, -0.2) is 4.98 Å². The van der Waals surface area contributed by atoms with Gasteiger partial charge in [-0.3, -0.25) is 19.7 Å². The zero-order valence-electron chi connectivity index (χ0n) is 16.9. The van der Waals surface area contributed by atoms with Crippen molar-refractivity contribution < 1.29 is 18.9 Å². The van der Waals surface area contributed by atoms with Crippen molar-refractivity contribution in [2.75, 3.05) is 16.8 Å². The highest BCUT2D eigenvalue weighted by molar-refractivity contribution is 7.14. The van der Waals surface area contributed by atoms with Gasteiger partial charge in [0.05, 0.1) is 22.2 Å². The maximum atomic E-state index is 13.6. The van der Waals surface area contributed by atoms with E-state index in [-0.39, 0.29) is 30.5 Å². The number of hydrogen-bond donors (Lipinski definition) is 2. The Bertz CT molecular complexity index is 1410. The van der Waals surface area contributed by atoms with Crippen LogP contribution in [-0.4, -0.2) is 33.3 Å². The third kappa shape index (κ3) is 3.82. The van der Waals surface area contributed by atoms with Crippen molar-refractivity contribution in [2.24, 2.45) is 5.92 Å². The fourth-order valence-corrected chi connectivity index (χ4v) is 4.60. The van der Waals surface area contributed by atoms with Crippen molar-refractivity contribution >= 4 is 50.6 Å². The molecule has 1 unspecified atom stereocenters. The van der Waals surface area contributed by atoms with Gasteiger partial charge in [-0.15, -0.1) is 11.3 Å². The number of thiazole rings is 1. The van der Waals surface area contributed by atoms with Gasteiger partial charge in [0.25, 0.3) is 0 Å². The number of carbonyl (C=O) groups is 2. The van der Waals surface area contributed by atoms with Crippen molar-refractivity contribution in [3.63, 3.8) is 0 Å². The first kappa shape index (κ1) is 20.8. The van der Waals surface area contributed by atoms with Crippen LogP contribution in [0.1, 0.15) is 6.42 Å². The lowest BCUT2D eigenvalue weighted by Crippen LogP contribution is -2.28. The fraction of sp³-hybridized carbons (Fsp3) is 0.136. The Labute approximate surface area is 190 Å². The lowest BCUT2D eigenvalue weighted by Gasteiger charge is -2.16. The first-order valence-corrected chi connectivity index (χ1v) is 10.9. The molecular weight excluding hydrogens is 449 g/mol. The number of hydrogen-bond acceptors (Lipinski definition) is 6. The molecule has 3 heterocycles. The molecule has 9 nitrogen and oxygen atoms in total. The van der Waals surface area contributed by atoms with Crippen LogP contribution in [0.2, 0.25) is 0 Å². The SMILES string of the molecule is O=C(Nc1nc(-c2c[nH]c3ccccc23)cs1)C1CC(=O)N(c2ccc(F)c([N+](=O)[O-])c2)C1. The van der Waals surface area contributed by atoms with E-state index >= 15 is 0 Å². The number of halogens is 1. The summed E-state index contributed by atoms with van der Waals surface area (Å²) in [5, 5.41) is 17.0. The standard InChI is InChI=1S/C22H16FN5O4S/c23-16-6-5-13(8-19(16)28(31)32)27-10-12(7-20(27)29)21(30)26-22-25-18(11-33-22)15-9-24-17-4-2-1-3-14(15)17/h1-6,8-9,11-12,24H,7,10H2,(H,25,26,30). The highest BCUT2D eigenvalue weighted by atomic mass is 32.1. The van der Waals surface area contributed by atoms with Crippen LogP contribution in [-0.2, 0) is 9.59 Å². The number of amides is 2. The molecule has 0 radical (unpaired) electrons. The van der Waals surface area contributed by atoms with Gasteiger partial charge in [-0.05, 0) is 18.2 Å². The van der Waals surface area contributed by atoms with Gasteiger partial charge < -0.3 is 15.2 Å². The van der Waals surface area contributed by atoms with Crippen molar-refractivity contribution in [3.8, 4) is 11.3 Å². The molecule has 166 valence electrons. The number of anilines is 2. The Morgan fingerprint density at radius 3 is 2.94 bits per heavy atom. The number of fused-ring (bicyclic) bond motifs is 1. The van der Waals surface area contributed by atoms with E-state index in [9.17, 15) is 24.1 Å². The third-order valence-corrected chi connectivity index (χ3v) is 6.29. The molecule has 0 bridgehead atoms. The number of rotatable bonds is 5. The molecule has 2 aromatic carbocycles. The number of nitro benzene ring substituents is 1. The Balaban J connectivity index is 1.30. The molecule has 0 aliphatic carbocycles. The topological polar surface area (TPSA) is 121 Å². The largest absolute Gasteiger partial charge is 0.360 e. The van der Waals surface area contributed by atoms with Gasteiger partial charge in [0.15, 0.2) is 5.13 Å². The summed E-state index contributed by atoms with van der Waals surface area (Å²) >= 11 is 1.28. The fourth-order valence-electron chi connectivity index (χ4n) is 3.89. The monoisotopic (exact) mass is 465 g/mol. The van der Waals surface area contributed by atoms with Crippen LogP contribution in [0, 0.1) is 21.8 Å². The summed E-state index contributed by atoms with van der Waals surface area (Å²) in [7, 11) is 0. The van der Waals surface area contributed by atoms with Crippen LogP contribution < -0.4 is 10.2 Å². The molecule has 1 atom stereocenters. The van der Waals surface area contributed by atoms with E-state index in [4.69, 9.17) is 0 Å². The molecule has 0 saturated carbocycles. The van der Waals surface area contributed by atoms with E-state index in [1.54, 1.807) is 0 Å². The maximum Gasteiger partial charge on any atom is 0.306 e. The molecule has 33 heavy (non-hydrogen) atoms. The van der Waals surface area contributed by atoms with E-state index in [1.807, 2.05) is 35.8 Å². The lowest BCUT2D eigenvalue weighted by molar-refractivity contribution is -0.387. The van der Waals surface area contributed by atoms with Crippen LogP contribution in [0.4, 0.5) is 20.9 Å². The Kier molecular flexibility index (Phi) is 5.09. The molecule has 4 aromatic rings. The lowest BCUT2D eigenvalue weighted by atomic mass is 10.1. The highest BCUT2D eigenvalue weighted by Crippen LogP contribution is 2.33. The van der Waals surface area contributed by atoms with Crippen molar-refractivity contribution in [1.29, 1.82) is 0 Å². The number of H-pyrrole nitrogens is 1. The van der Waals surface area contributed by atoms with Crippen molar-refractivity contribution in [3.05, 3.63) is 70.0 Å². The zero-order chi connectivity index (χ0) is 23.1. The zero-order valence-corrected chi connectivity index (χ0v) is 17.8. The quantitative estimate of drug-likeness (QED) is 0.336. The highest BCUT2D eigenvalue weighted by Gasteiger charge is 2.36. The van der Waals surface area contributed by atoms with Gasteiger partial charge in [0.2, 0.25) is 17.6 Å². The number of nitro groups is 1. The summed E-state index contributed by atoms with van der Waals surface area (Å²) in [5.41, 5.74) is 2.08. The molecule has 1 saturated heterocycles. The number of aromatic amines is 1. The summed E-state index contributed by atoms with van der Waals surface area (Å²) in [6, 6.07) is 11.1. The van der Waals surface area contributed by atoms with Crippen LogP contribution >= 0.6 is 11.3 Å². The molecule has 5 rings (SSSR count). The van der Waals surface area contributed by atoms with Gasteiger partial charge in [0.1, 0.15) is 0 Å². The second-order valence-corrected chi connectivity index (χ2v) is 8.43. The minimum Gasteiger partial charge on any atom is -0.360 e. The average molecular weight is 465 g/mol. The molecule has 2 N–H and O–H groups in total. The Hall–Kier alpha value is -4.12. The number of nitrogens with zero attached hydrogens (tertiary/aromatic N) is 3. The van der Waals surface area contributed by atoms with Gasteiger partial charge in [0, 0.05) is 47.1 Å². The molecule has 1 aliphatic heterocycles. The van der Waals surface area contributed by atoms with Crippen LogP contribution in [0.3, 0.4) is 0 Å². The van der Waals surface area contributed by atoms with E-state index in [2.05, 4.69) is 15.3 Å². The third-order valence-electron chi connectivity index (χ3n) is 5.53. The van der Waals surface area contributed by atoms with Gasteiger partial charge >= 0.3 is 5.69 Å². The molecule has 1 aliphatic rings. The minimum absolute atomic E-state index is 0.0358. The summed E-state index contributed by atoms with van der Waals surface area (Å²) < 4.78 is 13.6. The molecule has 11 heteroatoms. The van der Waals surface area contributed by atoms with E-state index in [0.717, 1.165) is 34.3 Å². The molecule has 0 spiro atoms. The number of nitrogens with one attached hydrogen (secondary N) is 2. The van der Waals surface area contributed by atoms with Crippen molar-refractivity contribution in [2.45, 2.75) is 6.42 Å². The predicted octanol–water partition coefficient (Wildman–Crippen LogP) is 4.33. The predicted molar refractivity (Wildman–Crippen MR) is 122 cm³/mol. The van der Waals surface area contributed by atoms with E-state index < -0.39 is 22.3 Å². The molecule has 2 aromatic heterocycles. The summed E-state index contributed by atoms with van der Waals surface area (Å²) in [6.07, 6.45) is 1.80. The Morgan fingerprint density at radius 2 is 2.12 bits per heavy atom. The van der Waals surface area contributed by atoms with Crippen LogP contribution in [0.15, 0.2) is 54.0 Å². The summed E-state index contributed by atoms with van der Waals surface area (Å²) in [6.45, 7) is 0.0358. The first-order chi connectivity index (χ1) is 15.9. The second-order valence-electron chi connectivity index (χ2n) is 7.57.